The van der Waals surface area contributed by atoms with Crippen LogP contribution in [0.4, 0.5) is 5.69 Å². The van der Waals surface area contributed by atoms with Gasteiger partial charge in [0, 0.05) is 63.7 Å². The number of nitrogens with zero attached hydrogens (tertiary/aromatic N) is 3. The highest BCUT2D eigenvalue weighted by Crippen LogP contribution is 2.48. The molecule has 1 saturated carbocycles. The van der Waals surface area contributed by atoms with Gasteiger partial charge in [-0.25, -0.2) is 4.72 Å². The maximum Gasteiger partial charge on any atom is 0.303 e. The highest BCUT2D eigenvalue weighted by atomic mass is 35.5. The summed E-state index contributed by atoms with van der Waals surface area (Å²) < 4.78 is 42.1. The number of carbonyl (C=O) groups is 2. The van der Waals surface area contributed by atoms with Gasteiger partial charge in [0.2, 0.25) is 11.8 Å². The quantitative estimate of drug-likeness (QED) is 0.420. The number of fused-ring (bicyclic) bond motifs is 5. The van der Waals surface area contributed by atoms with Crippen LogP contribution in [0.5, 0.6) is 5.75 Å². The Kier molecular flexibility index (Phi) is 9.97. The predicted octanol–water partition coefficient (Wildman–Crippen LogP) is 5.38. The van der Waals surface area contributed by atoms with Gasteiger partial charge in [0.1, 0.15) is 5.75 Å². The monoisotopic (exact) mass is 738 g/mol. The van der Waals surface area contributed by atoms with Crippen LogP contribution in [0.1, 0.15) is 75.0 Å². The first-order valence-corrected chi connectivity index (χ1v) is 20.2. The molecule has 51 heavy (non-hydrogen) atoms. The lowest BCUT2D eigenvalue weighted by molar-refractivity contribution is -0.137. The normalized spacial score (nSPS) is 31.5. The molecule has 7 rings (SSSR count). The van der Waals surface area contributed by atoms with E-state index in [0.717, 1.165) is 66.5 Å². The first-order chi connectivity index (χ1) is 24.3. The maximum absolute atomic E-state index is 14.3. The van der Waals surface area contributed by atoms with E-state index in [2.05, 4.69) is 33.9 Å². The third-order valence-corrected chi connectivity index (χ3v) is 14.1. The second kappa shape index (κ2) is 14.0. The number of anilines is 1. The van der Waals surface area contributed by atoms with Crippen LogP contribution in [0.3, 0.4) is 0 Å². The van der Waals surface area contributed by atoms with Crippen LogP contribution >= 0.6 is 11.6 Å². The van der Waals surface area contributed by atoms with Crippen LogP contribution in [-0.2, 0) is 41.8 Å². The van der Waals surface area contributed by atoms with Crippen LogP contribution in [-0.4, -0.2) is 89.0 Å². The van der Waals surface area contributed by atoms with Gasteiger partial charge in [-0.1, -0.05) is 35.9 Å². The summed E-state index contributed by atoms with van der Waals surface area (Å²) in [6.07, 6.45) is 11.7. The van der Waals surface area contributed by atoms with E-state index in [9.17, 15) is 18.0 Å². The third kappa shape index (κ3) is 6.80. The zero-order valence-corrected chi connectivity index (χ0v) is 31.8. The van der Waals surface area contributed by atoms with Crippen LogP contribution in [0, 0.1) is 11.8 Å². The van der Waals surface area contributed by atoms with E-state index in [4.69, 9.17) is 21.1 Å². The van der Waals surface area contributed by atoms with E-state index in [-0.39, 0.29) is 29.9 Å². The Hall–Kier alpha value is -3.12. The summed E-state index contributed by atoms with van der Waals surface area (Å²) in [5.74, 6) is 0.527. The molecule has 12 heteroatoms. The number of ether oxygens (including phenoxy) is 2. The number of rotatable bonds is 4. The topological polar surface area (TPSA) is 108 Å². The zero-order valence-electron chi connectivity index (χ0n) is 30.2. The Balaban J connectivity index is 1.36. The lowest BCUT2D eigenvalue weighted by atomic mass is 9.68. The van der Waals surface area contributed by atoms with Gasteiger partial charge in [-0.05, 0) is 111 Å². The second-order valence-electron chi connectivity index (χ2n) is 15.8. The lowest BCUT2D eigenvalue weighted by Crippen LogP contribution is -2.51. The minimum Gasteiger partial charge on any atom is -0.490 e. The first-order valence-electron chi connectivity index (χ1n) is 18.4. The number of hydrogen-bond acceptors (Lipinski definition) is 7. The van der Waals surface area contributed by atoms with Crippen molar-refractivity contribution in [2.75, 3.05) is 52.3 Å². The number of halogens is 1. The Labute approximate surface area is 307 Å². The molecule has 2 aromatic carbocycles. The SMILES string of the molecule is CO[C@H]1/C=C/C[C@@H]2CCCN2C(=O)C[C@](C)(C(=O)NS(=O)(=O)N(C)C)c2ccc3c(c2)N(C[C@@H]2CC[C@H]21)C[C@@]1(CCCc2cc(Cl)ccc21)CO3. The molecule has 1 saturated heterocycles. The number of nitrogens with one attached hydrogen (secondary N) is 1. The van der Waals surface area contributed by atoms with Gasteiger partial charge >= 0.3 is 10.2 Å². The van der Waals surface area contributed by atoms with Gasteiger partial charge in [0.15, 0.2) is 0 Å². The first kappa shape index (κ1) is 36.2. The number of methoxy groups -OCH3 is 1. The molecule has 1 N–H and O–H groups in total. The highest BCUT2D eigenvalue weighted by molar-refractivity contribution is 7.87. The fraction of sp³-hybridized carbons (Fsp3) is 0.590. The summed E-state index contributed by atoms with van der Waals surface area (Å²) >= 11 is 6.48. The van der Waals surface area contributed by atoms with E-state index in [0.29, 0.717) is 49.3 Å². The van der Waals surface area contributed by atoms with Gasteiger partial charge in [0.25, 0.3) is 0 Å². The van der Waals surface area contributed by atoms with Crippen molar-refractivity contribution in [2.45, 2.75) is 87.7 Å². The largest absolute Gasteiger partial charge is 0.490 e. The van der Waals surface area contributed by atoms with Crippen molar-refractivity contribution < 1.29 is 27.5 Å². The molecule has 0 radical (unpaired) electrons. The van der Waals surface area contributed by atoms with Crippen LogP contribution in [0.25, 0.3) is 0 Å². The van der Waals surface area contributed by atoms with Crippen LogP contribution in [0.15, 0.2) is 48.6 Å². The fourth-order valence-electron chi connectivity index (χ4n) is 9.21. The molecule has 0 aromatic heterocycles. The molecule has 0 unspecified atom stereocenters. The van der Waals surface area contributed by atoms with Crippen LogP contribution in [0.2, 0.25) is 5.02 Å². The molecule has 10 nitrogen and oxygen atoms in total. The summed E-state index contributed by atoms with van der Waals surface area (Å²) in [6, 6.07) is 12.0. The molecule has 2 amide bonds. The number of amides is 2. The van der Waals surface area contributed by atoms with E-state index in [1.807, 2.05) is 29.2 Å². The van der Waals surface area contributed by atoms with Crippen molar-refractivity contribution in [1.82, 2.24) is 13.9 Å². The van der Waals surface area contributed by atoms with Gasteiger partial charge in [-0.15, -0.1) is 0 Å². The van der Waals surface area contributed by atoms with Crippen molar-refractivity contribution in [1.29, 1.82) is 0 Å². The molecule has 2 aliphatic carbocycles. The molecular formula is C39H51ClN4O6S. The van der Waals surface area contributed by atoms with E-state index < -0.39 is 21.5 Å². The minimum absolute atomic E-state index is 0.00884. The summed E-state index contributed by atoms with van der Waals surface area (Å²) in [7, 11) is 0.411. The summed E-state index contributed by atoms with van der Waals surface area (Å²) in [4.78, 5) is 32.8. The Morgan fingerprint density at radius 3 is 2.69 bits per heavy atom. The molecule has 6 atom stereocenters. The average molecular weight is 739 g/mol. The number of aryl methyl sites for hydroxylation is 1. The average Bonchev–Trinajstić information content (AvgIpc) is 3.50. The molecule has 2 fully saturated rings. The van der Waals surface area contributed by atoms with Crippen LogP contribution < -0.4 is 14.4 Å². The van der Waals surface area contributed by atoms with Crippen molar-refractivity contribution in [3.8, 4) is 5.75 Å². The van der Waals surface area contributed by atoms with E-state index in [1.165, 1.54) is 25.2 Å². The van der Waals surface area contributed by atoms with Crippen molar-refractivity contribution in [2.24, 2.45) is 11.8 Å². The van der Waals surface area contributed by atoms with Gasteiger partial charge in [0.05, 0.1) is 23.8 Å². The third-order valence-electron chi connectivity index (χ3n) is 12.4. The molecule has 276 valence electrons. The summed E-state index contributed by atoms with van der Waals surface area (Å²) in [5.41, 5.74) is 2.19. The molecule has 1 spiro atoms. The van der Waals surface area contributed by atoms with Gasteiger partial charge in [-0.3, -0.25) is 9.59 Å². The summed E-state index contributed by atoms with van der Waals surface area (Å²) in [6.45, 7) is 4.27. The fourth-order valence-corrected chi connectivity index (χ4v) is 10.0. The second-order valence-corrected chi connectivity index (χ2v) is 18.1. The van der Waals surface area contributed by atoms with Crippen molar-refractivity contribution in [3.05, 3.63) is 70.3 Å². The smallest absolute Gasteiger partial charge is 0.303 e. The number of hydrogen-bond donors (Lipinski definition) is 1. The van der Waals surface area contributed by atoms with E-state index >= 15 is 0 Å². The zero-order chi connectivity index (χ0) is 36.1. The summed E-state index contributed by atoms with van der Waals surface area (Å²) in [5, 5.41) is 0.734. The minimum atomic E-state index is -4.12. The Bertz CT molecular complexity index is 1820. The number of carbonyl (C=O) groups excluding carboxylic acids is 2. The molecular weight excluding hydrogens is 688 g/mol. The highest BCUT2D eigenvalue weighted by Gasteiger charge is 2.47. The van der Waals surface area contributed by atoms with Gasteiger partial charge < -0.3 is 19.3 Å². The van der Waals surface area contributed by atoms with Gasteiger partial charge in [-0.2, -0.15) is 12.7 Å². The molecule has 2 bridgehead atoms. The molecule has 2 aromatic rings. The Morgan fingerprint density at radius 2 is 1.94 bits per heavy atom. The molecule has 3 heterocycles. The maximum atomic E-state index is 14.3. The van der Waals surface area contributed by atoms with Crippen molar-refractivity contribution in [3.63, 3.8) is 0 Å². The lowest BCUT2D eigenvalue weighted by Gasteiger charge is -2.46. The number of benzene rings is 2. The Morgan fingerprint density at radius 1 is 1.12 bits per heavy atom. The predicted molar refractivity (Wildman–Crippen MR) is 198 cm³/mol. The molecule has 5 aliphatic rings. The standard InChI is InChI=1S/C39H51ClN4O6S/c1-38(37(46)41-51(47,48)42(2)3)22-36(45)44-19-7-10-30(44)9-5-11-34(49-4)31-15-12-27(31)23-43-24-39(25-50-35-17-13-28(38)21-33(35)43)18-6-8-26-20-29(40)14-16-32(26)39/h5,11,13-14,16-17,20-21,27,30-31,34H,6-10,12,15,18-19,22-25H2,1-4H3,(H,41,46)/b11-5+/t27-,30+,31+,34-,38-,39-/m0/s1. The van der Waals surface area contributed by atoms with Crippen molar-refractivity contribution >= 4 is 39.3 Å². The molecule has 3 aliphatic heterocycles. The van der Waals surface area contributed by atoms with E-state index in [1.54, 1.807) is 14.0 Å².